The molecule has 6 nitrogen and oxygen atoms in total. The molecule has 0 radical (unpaired) electrons. The summed E-state index contributed by atoms with van der Waals surface area (Å²) in [6.45, 7) is 0.187. The zero-order valence-corrected chi connectivity index (χ0v) is 11.0. The minimum Gasteiger partial charge on any atom is -0.395 e. The maximum Gasteiger partial charge on any atom is 0.156 e. The zero-order valence-electron chi connectivity index (χ0n) is 9.85. The van der Waals surface area contributed by atoms with Gasteiger partial charge in [-0.05, 0) is 22.2 Å². The molecule has 96 valence electrons. The van der Waals surface area contributed by atoms with Crippen molar-refractivity contribution in [3.8, 4) is 0 Å². The van der Waals surface area contributed by atoms with Gasteiger partial charge in [0.05, 0.1) is 12.1 Å². The van der Waals surface area contributed by atoms with E-state index in [0.29, 0.717) is 0 Å². The van der Waals surface area contributed by atoms with E-state index in [2.05, 4.69) is 34.7 Å². The van der Waals surface area contributed by atoms with Gasteiger partial charge in [-0.2, -0.15) is 0 Å². The minimum absolute atomic E-state index is 0.187. The van der Waals surface area contributed by atoms with Crippen LogP contribution in [0.25, 0.3) is 11.0 Å². The van der Waals surface area contributed by atoms with Crippen LogP contribution < -0.4 is 10.4 Å². The number of anilines is 1. The van der Waals surface area contributed by atoms with Crippen LogP contribution in [0.5, 0.6) is 0 Å². The lowest BCUT2D eigenvalue weighted by atomic mass is 10.1. The fraction of sp³-hybridized carbons (Fsp3) is 0.455. The zero-order chi connectivity index (χ0) is 12.5. The Morgan fingerprint density at radius 3 is 3.06 bits per heavy atom. The Hall–Kier alpha value is -1.23. The number of nitrogens with zero attached hydrogens (tertiary/aromatic N) is 2. The van der Waals surface area contributed by atoms with Crippen LogP contribution >= 0.6 is 9.39 Å². The molecule has 2 aromatic heterocycles. The topological polar surface area (TPSA) is 85.9 Å². The summed E-state index contributed by atoms with van der Waals surface area (Å²) >= 11 is 0. The predicted octanol–water partition coefficient (Wildman–Crippen LogP) is 0.945. The van der Waals surface area contributed by atoms with E-state index in [4.69, 9.17) is 5.11 Å². The highest BCUT2D eigenvalue weighted by Gasteiger charge is 2.27. The van der Waals surface area contributed by atoms with E-state index < -0.39 is 0 Å². The van der Waals surface area contributed by atoms with Gasteiger partial charge in [0.1, 0.15) is 11.8 Å². The summed E-state index contributed by atoms with van der Waals surface area (Å²) in [5.74, 6) is 0.771. The number of rotatable bonds is 3. The lowest BCUT2D eigenvalue weighted by Crippen LogP contribution is -2.27. The van der Waals surface area contributed by atoms with Crippen LogP contribution in [0.3, 0.4) is 0 Å². The van der Waals surface area contributed by atoms with Gasteiger partial charge < -0.3 is 20.5 Å². The first-order chi connectivity index (χ1) is 8.83. The lowest BCUT2D eigenvalue weighted by molar-refractivity contribution is 0.252. The van der Waals surface area contributed by atoms with Gasteiger partial charge in [0.15, 0.2) is 5.82 Å². The molecule has 3 heterocycles. The molecule has 1 unspecified atom stereocenters. The number of aliphatic hydroxyl groups is 1. The van der Waals surface area contributed by atoms with Crippen LogP contribution in [0, 0.1) is 0 Å². The predicted molar refractivity (Wildman–Crippen MR) is 73.2 cm³/mol. The molecular formula is C11H16N5OP. The van der Waals surface area contributed by atoms with E-state index in [0.717, 1.165) is 35.3 Å². The van der Waals surface area contributed by atoms with Crippen LogP contribution in [0.4, 0.5) is 5.82 Å². The van der Waals surface area contributed by atoms with Crippen LogP contribution in [0.15, 0.2) is 12.5 Å². The van der Waals surface area contributed by atoms with Gasteiger partial charge in [-0.25, -0.2) is 9.97 Å². The Labute approximate surface area is 107 Å². The van der Waals surface area contributed by atoms with Crippen LogP contribution in [-0.2, 0) is 0 Å². The van der Waals surface area contributed by atoms with E-state index in [1.165, 1.54) is 0 Å². The molecule has 7 heteroatoms. The maximum absolute atomic E-state index is 9.17. The van der Waals surface area contributed by atoms with Crippen molar-refractivity contribution in [1.82, 2.24) is 20.3 Å². The molecule has 1 fully saturated rings. The SMILES string of the molecule is OC[C@@H]1CC[C@H](c2c[nH]c3c(NP)ncnc23)N1. The molecule has 2 aromatic rings. The molecule has 0 bridgehead atoms. The van der Waals surface area contributed by atoms with Gasteiger partial charge in [-0.3, -0.25) is 0 Å². The number of aromatic amines is 1. The van der Waals surface area contributed by atoms with E-state index in [-0.39, 0.29) is 18.7 Å². The molecule has 0 aliphatic carbocycles. The summed E-state index contributed by atoms with van der Waals surface area (Å²) < 4.78 is 0. The first kappa shape index (κ1) is 11.8. The molecule has 3 rings (SSSR count). The Morgan fingerprint density at radius 2 is 2.33 bits per heavy atom. The molecule has 18 heavy (non-hydrogen) atoms. The third-order valence-corrected chi connectivity index (χ3v) is 3.74. The number of H-pyrrole nitrogens is 1. The van der Waals surface area contributed by atoms with E-state index in [9.17, 15) is 0 Å². The third-order valence-electron chi connectivity index (χ3n) is 3.47. The second kappa shape index (κ2) is 4.80. The third kappa shape index (κ3) is 1.86. The van der Waals surface area contributed by atoms with Gasteiger partial charge in [-0.15, -0.1) is 0 Å². The summed E-state index contributed by atoms with van der Waals surface area (Å²) in [7, 11) is 2.44. The summed E-state index contributed by atoms with van der Waals surface area (Å²) in [6.07, 6.45) is 5.55. The smallest absolute Gasteiger partial charge is 0.156 e. The Morgan fingerprint density at radius 1 is 1.44 bits per heavy atom. The number of aromatic nitrogens is 3. The van der Waals surface area contributed by atoms with Crippen molar-refractivity contribution in [3.63, 3.8) is 0 Å². The van der Waals surface area contributed by atoms with E-state index in [1.54, 1.807) is 6.33 Å². The largest absolute Gasteiger partial charge is 0.395 e. The van der Waals surface area contributed by atoms with Crippen molar-refractivity contribution in [3.05, 3.63) is 18.1 Å². The van der Waals surface area contributed by atoms with Crippen molar-refractivity contribution >= 4 is 26.2 Å². The standard InChI is InChI=1S/C11H16N5OP/c17-4-6-1-2-8(15-6)7-3-12-10-9(7)13-5-14-11(10)16-18/h3,5-6,8,12,15,17H,1-2,4,18H2,(H,13,14,16)/t6-,8+/m0/s1. The van der Waals surface area contributed by atoms with Crippen LogP contribution in [0.1, 0.15) is 24.4 Å². The highest BCUT2D eigenvalue weighted by Crippen LogP contribution is 2.32. The second-order valence-corrected chi connectivity index (χ2v) is 4.80. The number of hydrogen-bond donors (Lipinski definition) is 4. The fourth-order valence-corrected chi connectivity index (χ4v) is 2.76. The average molecular weight is 265 g/mol. The van der Waals surface area contributed by atoms with Gasteiger partial charge in [0, 0.05) is 23.8 Å². The molecule has 0 aromatic carbocycles. The van der Waals surface area contributed by atoms with Crippen molar-refractivity contribution in [2.24, 2.45) is 0 Å². The van der Waals surface area contributed by atoms with E-state index >= 15 is 0 Å². The second-order valence-electron chi connectivity index (χ2n) is 4.51. The lowest BCUT2D eigenvalue weighted by Gasteiger charge is -2.11. The van der Waals surface area contributed by atoms with Crippen LogP contribution in [0.2, 0.25) is 0 Å². The Bertz CT molecular complexity index is 557. The molecule has 0 amide bonds. The molecule has 1 saturated heterocycles. The van der Waals surface area contributed by atoms with Gasteiger partial charge >= 0.3 is 0 Å². The summed E-state index contributed by atoms with van der Waals surface area (Å²) in [6, 6.07) is 0.448. The molecule has 1 aliphatic rings. The molecule has 0 spiro atoms. The monoisotopic (exact) mass is 265 g/mol. The van der Waals surface area contributed by atoms with Crippen molar-refractivity contribution < 1.29 is 5.11 Å². The number of hydrogen-bond acceptors (Lipinski definition) is 5. The van der Waals surface area contributed by atoms with Crippen LogP contribution in [-0.4, -0.2) is 32.7 Å². The van der Waals surface area contributed by atoms with Gasteiger partial charge in [0.25, 0.3) is 0 Å². The Balaban J connectivity index is 1.98. The summed E-state index contributed by atoms with van der Waals surface area (Å²) in [5.41, 5.74) is 2.99. The molecule has 1 aliphatic heterocycles. The Kier molecular flexibility index (Phi) is 3.16. The van der Waals surface area contributed by atoms with Gasteiger partial charge in [0.2, 0.25) is 0 Å². The van der Waals surface area contributed by atoms with Gasteiger partial charge in [-0.1, -0.05) is 0 Å². The first-order valence-corrected chi connectivity index (χ1v) is 6.56. The summed E-state index contributed by atoms with van der Waals surface area (Å²) in [5, 5.41) is 15.6. The first-order valence-electron chi connectivity index (χ1n) is 5.99. The molecule has 4 N–H and O–H groups in total. The average Bonchev–Trinajstić information content (AvgIpc) is 3.03. The van der Waals surface area contributed by atoms with Crippen molar-refractivity contribution in [2.45, 2.75) is 24.9 Å². The molecular weight excluding hydrogens is 249 g/mol. The van der Waals surface area contributed by atoms with Crippen molar-refractivity contribution in [2.75, 3.05) is 11.7 Å². The highest BCUT2D eigenvalue weighted by molar-refractivity contribution is 7.18. The van der Waals surface area contributed by atoms with E-state index in [1.807, 2.05) is 6.20 Å². The normalized spacial score (nSPS) is 23.7. The maximum atomic E-state index is 9.17. The highest BCUT2D eigenvalue weighted by atomic mass is 31.0. The number of aliphatic hydroxyl groups excluding tert-OH is 1. The molecule has 3 atom stereocenters. The summed E-state index contributed by atoms with van der Waals surface area (Å²) in [4.78, 5) is 11.7. The molecule has 0 saturated carbocycles. The number of fused-ring (bicyclic) bond motifs is 1. The fourth-order valence-electron chi connectivity index (χ4n) is 2.54. The quantitative estimate of drug-likeness (QED) is 0.621. The van der Waals surface area contributed by atoms with Crippen molar-refractivity contribution in [1.29, 1.82) is 0 Å². The minimum atomic E-state index is 0.187. The number of nitrogens with one attached hydrogen (secondary N) is 3.